The van der Waals surface area contributed by atoms with Crippen molar-refractivity contribution >= 4 is 21.5 Å². The third kappa shape index (κ3) is 2.49. The molecule has 0 fully saturated rings. The molecular formula is C8H9F3O3S2. The van der Waals surface area contributed by atoms with Crippen LogP contribution in [-0.4, -0.2) is 13.9 Å². The molecule has 8 heteroatoms. The zero-order chi connectivity index (χ0) is 12.6. The molecule has 0 saturated carbocycles. The van der Waals surface area contributed by atoms with E-state index in [1.807, 2.05) is 0 Å². The third-order valence-electron chi connectivity index (χ3n) is 1.89. The monoisotopic (exact) mass is 274 g/mol. The normalized spacial score (nSPS) is 12.8. The van der Waals surface area contributed by atoms with Crippen molar-refractivity contribution in [1.29, 1.82) is 0 Å². The topological polar surface area (TPSA) is 43.4 Å². The lowest BCUT2D eigenvalue weighted by Crippen LogP contribution is -2.28. The largest absolute Gasteiger partial charge is 0.534 e. The number of aryl methyl sites for hydroxylation is 1. The van der Waals surface area contributed by atoms with Gasteiger partial charge in [0.05, 0.1) is 0 Å². The van der Waals surface area contributed by atoms with E-state index in [4.69, 9.17) is 0 Å². The fraction of sp³-hybridized carbons (Fsp3) is 0.500. The number of halogens is 3. The second-order valence-corrected chi connectivity index (χ2v) is 5.40. The van der Waals surface area contributed by atoms with Crippen LogP contribution in [-0.2, 0) is 16.5 Å². The van der Waals surface area contributed by atoms with E-state index in [0.29, 0.717) is 12.0 Å². The van der Waals surface area contributed by atoms with E-state index >= 15 is 0 Å². The molecule has 1 aromatic rings. The van der Waals surface area contributed by atoms with Gasteiger partial charge in [0.25, 0.3) is 0 Å². The molecule has 0 amide bonds. The summed E-state index contributed by atoms with van der Waals surface area (Å²) in [4.78, 5) is 0. The van der Waals surface area contributed by atoms with Crippen molar-refractivity contribution in [3.8, 4) is 5.06 Å². The summed E-state index contributed by atoms with van der Waals surface area (Å²) in [6, 6.07) is 0. The molecule has 1 rings (SSSR count). The van der Waals surface area contributed by atoms with E-state index in [1.165, 1.54) is 0 Å². The number of rotatable bonds is 3. The molecule has 16 heavy (non-hydrogen) atoms. The summed E-state index contributed by atoms with van der Waals surface area (Å²) < 4.78 is 61.8. The Morgan fingerprint density at radius 1 is 1.44 bits per heavy atom. The van der Waals surface area contributed by atoms with Crippen molar-refractivity contribution < 1.29 is 25.8 Å². The van der Waals surface area contributed by atoms with Gasteiger partial charge in [-0.1, -0.05) is 6.92 Å². The first-order valence-electron chi connectivity index (χ1n) is 4.26. The first-order valence-corrected chi connectivity index (χ1v) is 6.55. The van der Waals surface area contributed by atoms with E-state index < -0.39 is 15.6 Å². The quantitative estimate of drug-likeness (QED) is 0.629. The first kappa shape index (κ1) is 13.3. The highest BCUT2D eigenvalue weighted by atomic mass is 32.2. The van der Waals surface area contributed by atoms with Gasteiger partial charge in [-0.25, -0.2) is 0 Å². The van der Waals surface area contributed by atoms with E-state index in [1.54, 1.807) is 19.2 Å². The maximum atomic E-state index is 12.1. The highest BCUT2D eigenvalue weighted by molar-refractivity contribution is 7.88. The summed E-state index contributed by atoms with van der Waals surface area (Å²) in [5, 5.41) is 1.34. The Morgan fingerprint density at radius 3 is 2.44 bits per heavy atom. The minimum absolute atomic E-state index is 0.211. The van der Waals surface area contributed by atoms with Crippen LogP contribution in [0.5, 0.6) is 5.06 Å². The lowest BCUT2D eigenvalue weighted by molar-refractivity contribution is -0.0499. The third-order valence-corrected chi connectivity index (χ3v) is 3.96. The summed E-state index contributed by atoms with van der Waals surface area (Å²) in [6.45, 7) is 3.39. The Bertz CT molecular complexity index is 473. The van der Waals surface area contributed by atoms with Crippen LogP contribution in [0, 0.1) is 6.92 Å². The zero-order valence-electron chi connectivity index (χ0n) is 8.46. The lowest BCUT2D eigenvalue weighted by atomic mass is 10.2. The molecule has 0 N–H and O–H groups in total. The van der Waals surface area contributed by atoms with Crippen molar-refractivity contribution in [2.75, 3.05) is 0 Å². The van der Waals surface area contributed by atoms with Crippen LogP contribution in [0.2, 0.25) is 0 Å². The average molecular weight is 274 g/mol. The van der Waals surface area contributed by atoms with Crippen molar-refractivity contribution in [2.45, 2.75) is 25.8 Å². The second-order valence-electron chi connectivity index (χ2n) is 3.02. The molecule has 1 aromatic heterocycles. The maximum absolute atomic E-state index is 12.1. The van der Waals surface area contributed by atoms with Crippen molar-refractivity contribution in [2.24, 2.45) is 0 Å². The molecule has 0 aliphatic rings. The Hall–Kier alpha value is -0.760. The summed E-state index contributed by atoms with van der Waals surface area (Å²) in [7, 11) is -5.56. The molecule has 0 spiro atoms. The first-order chi connectivity index (χ1) is 7.19. The van der Waals surface area contributed by atoms with Crippen LogP contribution in [0.25, 0.3) is 0 Å². The highest BCUT2D eigenvalue weighted by Gasteiger charge is 2.49. The predicted molar refractivity (Wildman–Crippen MR) is 54.0 cm³/mol. The van der Waals surface area contributed by atoms with Crippen molar-refractivity contribution in [3.05, 3.63) is 16.5 Å². The van der Waals surface area contributed by atoms with Gasteiger partial charge >= 0.3 is 15.6 Å². The van der Waals surface area contributed by atoms with E-state index in [-0.39, 0.29) is 5.06 Å². The van der Waals surface area contributed by atoms with Gasteiger partial charge in [0.1, 0.15) is 0 Å². The number of hydrogen-bond acceptors (Lipinski definition) is 4. The molecule has 0 aliphatic carbocycles. The molecule has 0 saturated heterocycles. The fourth-order valence-corrected chi connectivity index (χ4v) is 2.78. The van der Waals surface area contributed by atoms with Crippen LogP contribution < -0.4 is 4.18 Å². The maximum Gasteiger partial charge on any atom is 0.534 e. The van der Waals surface area contributed by atoms with Gasteiger partial charge < -0.3 is 4.18 Å². The molecule has 92 valence electrons. The number of thiophene rings is 1. The minimum Gasteiger partial charge on any atom is -0.365 e. The van der Waals surface area contributed by atoms with Gasteiger partial charge in [0.2, 0.25) is 0 Å². The summed E-state index contributed by atoms with van der Waals surface area (Å²) in [6.07, 6.45) is 0.415. The number of hydrogen-bond donors (Lipinski definition) is 0. The molecule has 0 unspecified atom stereocenters. The Kier molecular flexibility index (Phi) is 3.53. The number of alkyl halides is 3. The SMILES string of the molecule is CCc1c(C)csc1OS(=O)(=O)C(F)(F)F. The highest BCUT2D eigenvalue weighted by Crippen LogP contribution is 2.35. The van der Waals surface area contributed by atoms with Gasteiger partial charge in [-0.15, -0.1) is 11.3 Å². The van der Waals surface area contributed by atoms with Crippen LogP contribution in [0.4, 0.5) is 13.2 Å². The van der Waals surface area contributed by atoms with Crippen molar-refractivity contribution in [3.63, 3.8) is 0 Å². The van der Waals surface area contributed by atoms with E-state index in [0.717, 1.165) is 16.9 Å². The van der Waals surface area contributed by atoms with Gasteiger partial charge in [0.15, 0.2) is 5.06 Å². The average Bonchev–Trinajstić information content (AvgIpc) is 2.44. The molecule has 0 bridgehead atoms. The van der Waals surface area contributed by atoms with Crippen LogP contribution >= 0.6 is 11.3 Å². The Balaban J connectivity index is 3.07. The molecule has 0 aromatic carbocycles. The van der Waals surface area contributed by atoms with E-state index in [2.05, 4.69) is 4.18 Å². The molecule has 3 nitrogen and oxygen atoms in total. The standard InChI is InChI=1S/C8H9F3O3S2/c1-3-6-5(2)4-15-7(6)14-16(12,13)8(9,10)11/h4H,3H2,1-2H3. The van der Waals surface area contributed by atoms with E-state index in [9.17, 15) is 21.6 Å². The molecule has 0 atom stereocenters. The van der Waals surface area contributed by atoms with Crippen LogP contribution in [0.15, 0.2) is 5.38 Å². The molecular weight excluding hydrogens is 265 g/mol. The lowest BCUT2D eigenvalue weighted by Gasteiger charge is -2.09. The zero-order valence-corrected chi connectivity index (χ0v) is 10.1. The Morgan fingerprint density at radius 2 is 2.00 bits per heavy atom. The van der Waals surface area contributed by atoms with Gasteiger partial charge in [-0.2, -0.15) is 21.6 Å². The van der Waals surface area contributed by atoms with Gasteiger partial charge in [-0.3, -0.25) is 0 Å². The summed E-state index contributed by atoms with van der Waals surface area (Å²) in [5.41, 5.74) is -4.19. The molecule has 0 aliphatic heterocycles. The molecule has 0 radical (unpaired) electrons. The second kappa shape index (κ2) is 4.25. The summed E-state index contributed by atoms with van der Waals surface area (Å²) in [5.74, 6) is 0. The molecule has 1 heterocycles. The van der Waals surface area contributed by atoms with Gasteiger partial charge in [0, 0.05) is 5.56 Å². The van der Waals surface area contributed by atoms with Crippen LogP contribution in [0.3, 0.4) is 0 Å². The smallest absolute Gasteiger partial charge is 0.365 e. The van der Waals surface area contributed by atoms with Gasteiger partial charge in [-0.05, 0) is 24.3 Å². The van der Waals surface area contributed by atoms with Crippen molar-refractivity contribution in [1.82, 2.24) is 0 Å². The summed E-state index contributed by atoms with van der Waals surface area (Å²) >= 11 is 0.842. The minimum atomic E-state index is -5.56. The Labute approximate surface area is 95.0 Å². The fourth-order valence-electron chi connectivity index (χ4n) is 1.09. The van der Waals surface area contributed by atoms with Crippen LogP contribution in [0.1, 0.15) is 18.1 Å². The predicted octanol–water partition coefficient (Wildman–Crippen LogP) is 2.85.